The Labute approximate surface area is 241 Å². The molecule has 0 aliphatic rings. The molecule has 224 valence electrons. The quantitative estimate of drug-likeness (QED) is 0.206. The van der Waals surface area contributed by atoms with Crippen LogP contribution in [0.1, 0.15) is 43.7 Å². The summed E-state index contributed by atoms with van der Waals surface area (Å²) in [6, 6.07) is 5.84. The molecule has 0 fully saturated rings. The van der Waals surface area contributed by atoms with Crippen molar-refractivity contribution < 1.29 is 36.8 Å². The summed E-state index contributed by atoms with van der Waals surface area (Å²) < 4.78 is 62.1. The molecule has 0 aliphatic heterocycles. The van der Waals surface area contributed by atoms with E-state index in [1.54, 1.807) is 6.92 Å². The zero-order valence-electron chi connectivity index (χ0n) is 24.3. The van der Waals surface area contributed by atoms with Crippen LogP contribution in [0.4, 0.5) is 13.2 Å². The molecular formula is C28H32F3N5O5Si. The van der Waals surface area contributed by atoms with Crippen LogP contribution in [-0.2, 0) is 17.1 Å². The van der Waals surface area contributed by atoms with Gasteiger partial charge in [-0.3, -0.25) is 4.68 Å². The van der Waals surface area contributed by atoms with E-state index in [0.29, 0.717) is 0 Å². The lowest BCUT2D eigenvalue weighted by Crippen LogP contribution is -2.44. The maximum absolute atomic E-state index is 14.7. The summed E-state index contributed by atoms with van der Waals surface area (Å²) in [6.45, 7) is 11.8. The van der Waals surface area contributed by atoms with Crippen molar-refractivity contribution in [3.05, 3.63) is 54.2 Å². The number of carboxylic acids is 1. The Morgan fingerprint density at radius 1 is 1.17 bits per heavy atom. The minimum Gasteiger partial charge on any atom is -0.495 e. The van der Waals surface area contributed by atoms with Gasteiger partial charge in [0, 0.05) is 11.8 Å². The second-order valence-electron chi connectivity index (χ2n) is 11.3. The number of aromatic carboxylic acids is 1. The average Bonchev–Trinajstić information content (AvgIpc) is 3.51. The summed E-state index contributed by atoms with van der Waals surface area (Å²) in [7, 11) is -0.983. The first-order valence-electron chi connectivity index (χ1n) is 13.0. The molecule has 0 unspecified atom stereocenters. The van der Waals surface area contributed by atoms with Gasteiger partial charge in [0.15, 0.2) is 19.8 Å². The van der Waals surface area contributed by atoms with E-state index in [1.165, 1.54) is 43.9 Å². The van der Waals surface area contributed by atoms with Crippen molar-refractivity contribution in [1.29, 1.82) is 0 Å². The molecule has 3 aromatic heterocycles. The van der Waals surface area contributed by atoms with Gasteiger partial charge in [-0.2, -0.15) is 18.3 Å². The predicted octanol–water partition coefficient (Wildman–Crippen LogP) is 6.80. The van der Waals surface area contributed by atoms with Crippen molar-refractivity contribution >= 4 is 14.3 Å². The van der Waals surface area contributed by atoms with E-state index in [4.69, 9.17) is 13.7 Å². The highest BCUT2D eigenvalue weighted by Crippen LogP contribution is 2.46. The van der Waals surface area contributed by atoms with Crippen LogP contribution < -0.4 is 4.74 Å². The Hall–Kier alpha value is -4.04. The van der Waals surface area contributed by atoms with Crippen LogP contribution in [-0.4, -0.2) is 57.5 Å². The highest BCUT2D eigenvalue weighted by Gasteiger charge is 2.43. The van der Waals surface area contributed by atoms with Gasteiger partial charge in [0.2, 0.25) is 0 Å². The van der Waals surface area contributed by atoms with Gasteiger partial charge in [0.25, 0.3) is 0 Å². The average molecular weight is 604 g/mol. The Kier molecular flexibility index (Phi) is 8.33. The lowest BCUT2D eigenvalue weighted by molar-refractivity contribution is -0.144. The zero-order valence-corrected chi connectivity index (χ0v) is 25.3. The summed E-state index contributed by atoms with van der Waals surface area (Å²) >= 11 is 0. The molecule has 0 aliphatic carbocycles. The van der Waals surface area contributed by atoms with E-state index in [2.05, 4.69) is 41.0 Å². The molecule has 4 rings (SSSR count). The molecule has 14 heteroatoms. The highest BCUT2D eigenvalue weighted by atomic mass is 28.4. The third-order valence-corrected chi connectivity index (χ3v) is 11.9. The molecule has 1 atom stereocenters. The van der Waals surface area contributed by atoms with E-state index >= 15 is 0 Å². The minimum atomic E-state index is -4.82. The highest BCUT2D eigenvalue weighted by molar-refractivity contribution is 6.74. The Bertz CT molecular complexity index is 1580. The van der Waals surface area contributed by atoms with Gasteiger partial charge < -0.3 is 18.8 Å². The molecule has 3 heterocycles. The van der Waals surface area contributed by atoms with E-state index in [9.17, 15) is 23.1 Å². The van der Waals surface area contributed by atoms with Crippen molar-refractivity contribution in [3.63, 3.8) is 0 Å². The maximum atomic E-state index is 14.7. The molecule has 0 saturated heterocycles. The number of halogens is 3. The van der Waals surface area contributed by atoms with Crippen molar-refractivity contribution in [2.75, 3.05) is 7.11 Å². The van der Waals surface area contributed by atoms with Gasteiger partial charge in [-0.05, 0) is 43.3 Å². The number of hydrogen-bond donors (Lipinski definition) is 1. The van der Waals surface area contributed by atoms with E-state index in [0.717, 1.165) is 10.9 Å². The maximum Gasteiger partial charge on any atom is 0.433 e. The van der Waals surface area contributed by atoms with Gasteiger partial charge in [-0.1, -0.05) is 32.0 Å². The molecule has 42 heavy (non-hydrogen) atoms. The van der Waals surface area contributed by atoms with Crippen LogP contribution in [0, 0.1) is 0 Å². The van der Waals surface area contributed by atoms with Gasteiger partial charge >= 0.3 is 12.1 Å². The zero-order chi connectivity index (χ0) is 31.0. The van der Waals surface area contributed by atoms with Crippen LogP contribution in [0.15, 0.2) is 47.5 Å². The number of carboxylic acid groups (broad SMARTS) is 1. The molecule has 0 spiro atoms. The molecule has 0 bridgehead atoms. The minimum absolute atomic E-state index is 0.0384. The molecule has 0 saturated carbocycles. The Balaban J connectivity index is 1.90. The molecule has 4 aromatic rings. The van der Waals surface area contributed by atoms with E-state index in [-0.39, 0.29) is 56.7 Å². The van der Waals surface area contributed by atoms with Crippen LogP contribution >= 0.6 is 0 Å². The number of hydrogen-bond acceptors (Lipinski definition) is 8. The smallest absolute Gasteiger partial charge is 0.433 e. The number of para-hydroxylation sites is 1. The fourth-order valence-electron chi connectivity index (χ4n) is 4.40. The molecule has 10 nitrogen and oxygen atoms in total. The van der Waals surface area contributed by atoms with Crippen LogP contribution in [0.5, 0.6) is 5.75 Å². The van der Waals surface area contributed by atoms with Crippen LogP contribution in [0.25, 0.3) is 33.8 Å². The first-order valence-corrected chi connectivity index (χ1v) is 16.0. The fourth-order valence-corrected chi connectivity index (χ4v) is 5.83. The topological polar surface area (TPSA) is 125 Å². The number of ether oxygens (including phenoxy) is 1. The number of methoxy groups -OCH3 is 1. The third kappa shape index (κ3) is 5.95. The second-order valence-corrected chi connectivity index (χ2v) is 16.1. The predicted molar refractivity (Wildman–Crippen MR) is 150 cm³/mol. The van der Waals surface area contributed by atoms with E-state index < -0.39 is 32.3 Å². The van der Waals surface area contributed by atoms with Crippen molar-refractivity contribution in [2.24, 2.45) is 0 Å². The summed E-state index contributed by atoms with van der Waals surface area (Å²) in [4.78, 5) is 20.0. The van der Waals surface area contributed by atoms with Crippen molar-refractivity contribution in [1.82, 2.24) is 24.9 Å². The molecule has 1 N–H and O–H groups in total. The molecule has 0 amide bonds. The number of nitrogens with zero attached hydrogens (tertiary/aromatic N) is 5. The van der Waals surface area contributed by atoms with Crippen LogP contribution in [0.3, 0.4) is 0 Å². The fraction of sp³-hybridized carbons (Fsp3) is 0.393. The number of benzene rings is 1. The molecule has 0 radical (unpaired) electrons. The van der Waals surface area contributed by atoms with Gasteiger partial charge in [-0.25, -0.2) is 14.8 Å². The summed E-state index contributed by atoms with van der Waals surface area (Å²) in [5.74, 6) is -1.54. The lowest BCUT2D eigenvalue weighted by Gasteiger charge is -2.38. The first-order chi connectivity index (χ1) is 19.6. The SMILES string of the molecule is COc1c(C(=O)O)cccc1-c1noc(-c2cnn(C[C@@H](C)O[Si](C)(C)C(C)(C)C)c2C(F)(F)F)c1-c1ccncn1. The number of alkyl halides is 3. The number of aromatic nitrogens is 5. The van der Waals surface area contributed by atoms with Crippen molar-refractivity contribution in [3.8, 4) is 39.6 Å². The number of carbonyl (C=O) groups is 1. The molecular weight excluding hydrogens is 571 g/mol. The van der Waals surface area contributed by atoms with Gasteiger partial charge in [0.1, 0.15) is 23.3 Å². The lowest BCUT2D eigenvalue weighted by atomic mass is 9.97. The summed E-state index contributed by atoms with van der Waals surface area (Å²) in [6.07, 6.45) is -1.66. The second kappa shape index (κ2) is 11.3. The molecule has 1 aromatic carbocycles. The Morgan fingerprint density at radius 3 is 2.45 bits per heavy atom. The first kappa shape index (κ1) is 30.9. The number of rotatable bonds is 9. The monoisotopic (exact) mass is 603 g/mol. The van der Waals surface area contributed by atoms with Gasteiger partial charge in [-0.15, -0.1) is 0 Å². The standard InChI is InChI=1S/C28H32F3N5O5Si/c1-16(41-42(6,7)27(2,3)4)14-36-25(28(29,30)31)19(13-34-36)24-21(20-11-12-32-15-33-20)22(35-40-24)17-9-8-10-18(26(37)38)23(17)39-5/h8-13,15-16H,14H2,1-7H3,(H,37,38)/t16-/m1/s1. The summed E-state index contributed by atoms with van der Waals surface area (Å²) in [5.41, 5.74) is -1.03. The summed E-state index contributed by atoms with van der Waals surface area (Å²) in [5, 5.41) is 17.7. The Morgan fingerprint density at radius 2 is 1.88 bits per heavy atom. The van der Waals surface area contributed by atoms with E-state index in [1.807, 2.05) is 13.1 Å². The van der Waals surface area contributed by atoms with Gasteiger partial charge in [0.05, 0.1) is 42.8 Å². The largest absolute Gasteiger partial charge is 0.495 e. The van der Waals surface area contributed by atoms with Crippen molar-refractivity contribution in [2.45, 2.75) is 64.7 Å². The third-order valence-electron chi connectivity index (χ3n) is 7.32. The van der Waals surface area contributed by atoms with Crippen LogP contribution in [0.2, 0.25) is 18.1 Å². The normalized spacial score (nSPS) is 13.3.